The minimum Gasteiger partial charge on any atom is -0.369 e. The first-order valence-corrected chi connectivity index (χ1v) is 13.2. The summed E-state index contributed by atoms with van der Waals surface area (Å²) in [5, 5.41) is 14.6. The molecule has 0 aliphatic carbocycles. The molecule has 2 aromatic carbocycles. The van der Waals surface area contributed by atoms with Crippen molar-refractivity contribution in [2.45, 2.75) is 52.6 Å². The number of H-pyrrole nitrogens is 1. The van der Waals surface area contributed by atoms with Crippen molar-refractivity contribution in [2.24, 2.45) is 0 Å². The molecule has 8 nitrogen and oxygen atoms in total. The van der Waals surface area contributed by atoms with Gasteiger partial charge in [-0.25, -0.2) is 4.68 Å². The highest BCUT2D eigenvalue weighted by Crippen LogP contribution is 2.32. The lowest BCUT2D eigenvalue weighted by Crippen LogP contribution is -2.49. The summed E-state index contributed by atoms with van der Waals surface area (Å²) in [6.45, 7) is 13.6. The highest BCUT2D eigenvalue weighted by atomic mass is 35.5. The van der Waals surface area contributed by atoms with E-state index in [-0.39, 0.29) is 17.1 Å². The van der Waals surface area contributed by atoms with Crippen LogP contribution in [0.15, 0.2) is 47.3 Å². The molecule has 2 aromatic heterocycles. The van der Waals surface area contributed by atoms with Gasteiger partial charge in [0, 0.05) is 48.0 Å². The van der Waals surface area contributed by atoms with Gasteiger partial charge in [-0.2, -0.15) is 0 Å². The fourth-order valence-electron chi connectivity index (χ4n) is 5.18. The fourth-order valence-corrected chi connectivity index (χ4v) is 5.35. The first-order valence-electron chi connectivity index (χ1n) is 12.9. The zero-order chi connectivity index (χ0) is 26.3. The summed E-state index contributed by atoms with van der Waals surface area (Å²) < 4.78 is 1.84. The van der Waals surface area contributed by atoms with Crippen LogP contribution in [0, 0.1) is 6.92 Å². The second-order valence-electron chi connectivity index (χ2n) is 10.8. The van der Waals surface area contributed by atoms with E-state index >= 15 is 0 Å². The van der Waals surface area contributed by atoms with Crippen LogP contribution >= 0.6 is 11.6 Å². The first-order chi connectivity index (χ1) is 17.7. The van der Waals surface area contributed by atoms with E-state index in [1.807, 2.05) is 28.9 Å². The molecule has 1 saturated heterocycles. The van der Waals surface area contributed by atoms with E-state index in [1.165, 1.54) is 11.1 Å². The predicted octanol–water partition coefficient (Wildman–Crippen LogP) is 4.71. The normalized spacial score (nSPS) is 15.9. The maximum atomic E-state index is 13.5. The van der Waals surface area contributed by atoms with Crippen molar-refractivity contribution in [3.05, 3.63) is 80.4 Å². The Labute approximate surface area is 222 Å². The monoisotopic (exact) mass is 519 g/mol. The van der Waals surface area contributed by atoms with E-state index in [0.29, 0.717) is 11.4 Å². The second kappa shape index (κ2) is 9.91. The van der Waals surface area contributed by atoms with Crippen LogP contribution in [-0.2, 0) is 12.0 Å². The van der Waals surface area contributed by atoms with Crippen molar-refractivity contribution in [1.82, 2.24) is 30.1 Å². The molecular formula is C28H34ClN7O. The molecule has 37 heavy (non-hydrogen) atoms. The van der Waals surface area contributed by atoms with Crippen LogP contribution in [-0.4, -0.2) is 56.3 Å². The topological polar surface area (TPSA) is 82.9 Å². The third kappa shape index (κ3) is 5.00. The summed E-state index contributed by atoms with van der Waals surface area (Å²) in [5.41, 5.74) is 4.62. The number of hydrogen-bond donors (Lipinski definition) is 1. The molecule has 9 heteroatoms. The fraction of sp³-hybridized carbons (Fsp3) is 0.429. The van der Waals surface area contributed by atoms with Crippen LogP contribution in [0.25, 0.3) is 10.9 Å². The van der Waals surface area contributed by atoms with Crippen LogP contribution in [0.3, 0.4) is 0 Å². The van der Waals surface area contributed by atoms with Gasteiger partial charge in [0.25, 0.3) is 5.56 Å². The van der Waals surface area contributed by atoms with Gasteiger partial charge in [-0.3, -0.25) is 9.69 Å². The Kier molecular flexibility index (Phi) is 6.81. The number of aromatic nitrogens is 5. The Hall–Kier alpha value is -3.23. The molecule has 1 unspecified atom stereocenters. The molecule has 194 valence electrons. The number of hydrogen-bond acceptors (Lipinski definition) is 6. The Balaban J connectivity index is 1.56. The summed E-state index contributed by atoms with van der Waals surface area (Å²) in [6, 6.07) is 13.9. The van der Waals surface area contributed by atoms with Gasteiger partial charge in [-0.1, -0.05) is 30.7 Å². The number of piperazine rings is 1. The highest BCUT2D eigenvalue weighted by Gasteiger charge is 2.35. The number of rotatable bonds is 5. The smallest absolute Gasteiger partial charge is 0.253 e. The number of aromatic amines is 1. The number of anilines is 1. The lowest BCUT2D eigenvalue weighted by atomic mass is 10.00. The van der Waals surface area contributed by atoms with E-state index in [2.05, 4.69) is 83.1 Å². The van der Waals surface area contributed by atoms with Gasteiger partial charge in [-0.05, 0) is 91.4 Å². The standard InChI is InChI=1S/C28H34ClN7O/c1-6-19-8-10-23-20(15-19)16-22(27(37)30-23)25(26-31-32-33-36(26)28(3,4)5)35-13-11-34(12-14-35)24-17-21(29)9-7-18(24)2/h7-10,15-17,25H,6,11-14H2,1-5H3,(H,30,37). The van der Waals surface area contributed by atoms with Gasteiger partial charge in [0.15, 0.2) is 5.82 Å². The maximum Gasteiger partial charge on any atom is 0.253 e. The molecule has 1 aliphatic heterocycles. The van der Waals surface area contributed by atoms with Crippen molar-refractivity contribution >= 4 is 28.2 Å². The first kappa shape index (κ1) is 25.4. The average Bonchev–Trinajstić information content (AvgIpc) is 3.36. The number of nitrogens with zero attached hydrogens (tertiary/aromatic N) is 6. The van der Waals surface area contributed by atoms with E-state index in [1.54, 1.807) is 0 Å². The molecule has 5 rings (SSSR count). The van der Waals surface area contributed by atoms with Gasteiger partial charge >= 0.3 is 0 Å². The number of fused-ring (bicyclic) bond motifs is 1. The number of aryl methyl sites for hydroxylation is 2. The van der Waals surface area contributed by atoms with Crippen LogP contribution in [0.1, 0.15) is 56.3 Å². The third-order valence-electron chi connectivity index (χ3n) is 7.21. The number of tetrazole rings is 1. The van der Waals surface area contributed by atoms with Gasteiger partial charge in [0.05, 0.1) is 5.54 Å². The minimum absolute atomic E-state index is 0.113. The molecule has 0 spiro atoms. The Morgan fingerprint density at radius 1 is 1.05 bits per heavy atom. The lowest BCUT2D eigenvalue weighted by Gasteiger charge is -2.40. The van der Waals surface area contributed by atoms with Crippen molar-refractivity contribution in [1.29, 1.82) is 0 Å². The number of halogens is 1. The van der Waals surface area contributed by atoms with Crippen LogP contribution in [0.5, 0.6) is 0 Å². The van der Waals surface area contributed by atoms with Crippen LogP contribution in [0.2, 0.25) is 5.02 Å². The summed E-state index contributed by atoms with van der Waals surface area (Å²) >= 11 is 6.31. The minimum atomic E-state index is -0.379. The molecule has 0 radical (unpaired) electrons. The Morgan fingerprint density at radius 3 is 2.51 bits per heavy atom. The van der Waals surface area contributed by atoms with Gasteiger partial charge in [-0.15, -0.1) is 5.10 Å². The third-order valence-corrected chi connectivity index (χ3v) is 7.44. The number of benzene rings is 2. The summed E-state index contributed by atoms with van der Waals surface area (Å²) in [6.07, 6.45) is 0.932. The van der Waals surface area contributed by atoms with E-state index < -0.39 is 0 Å². The number of nitrogens with one attached hydrogen (secondary N) is 1. The van der Waals surface area contributed by atoms with Crippen molar-refractivity contribution in [2.75, 3.05) is 31.1 Å². The Morgan fingerprint density at radius 2 is 1.81 bits per heavy atom. The van der Waals surface area contributed by atoms with Gasteiger partial charge in [0.1, 0.15) is 6.04 Å². The number of pyridine rings is 1. The van der Waals surface area contributed by atoms with Crippen molar-refractivity contribution in [3.8, 4) is 0 Å². The van der Waals surface area contributed by atoms with E-state index in [0.717, 1.165) is 54.2 Å². The molecule has 1 N–H and O–H groups in total. The molecule has 0 amide bonds. The van der Waals surface area contributed by atoms with Crippen LogP contribution in [0.4, 0.5) is 5.69 Å². The average molecular weight is 520 g/mol. The quantitative estimate of drug-likeness (QED) is 0.411. The SMILES string of the molecule is CCc1ccc2[nH]c(=O)c(C(c3nnnn3C(C)(C)C)N3CCN(c4cc(Cl)ccc4C)CC3)cc2c1. The van der Waals surface area contributed by atoms with E-state index in [4.69, 9.17) is 11.6 Å². The lowest BCUT2D eigenvalue weighted by molar-refractivity contribution is 0.190. The van der Waals surface area contributed by atoms with Gasteiger partial charge < -0.3 is 9.88 Å². The maximum absolute atomic E-state index is 13.5. The van der Waals surface area contributed by atoms with Crippen LogP contribution < -0.4 is 10.5 Å². The highest BCUT2D eigenvalue weighted by molar-refractivity contribution is 6.30. The molecule has 1 atom stereocenters. The molecule has 3 heterocycles. The molecule has 4 aromatic rings. The second-order valence-corrected chi connectivity index (χ2v) is 11.2. The Bertz CT molecular complexity index is 1480. The molecule has 1 fully saturated rings. The largest absolute Gasteiger partial charge is 0.369 e. The molecule has 0 saturated carbocycles. The predicted molar refractivity (Wildman–Crippen MR) is 149 cm³/mol. The van der Waals surface area contributed by atoms with Crippen molar-refractivity contribution in [3.63, 3.8) is 0 Å². The van der Waals surface area contributed by atoms with Crippen molar-refractivity contribution < 1.29 is 0 Å². The molecule has 0 bridgehead atoms. The van der Waals surface area contributed by atoms with E-state index in [9.17, 15) is 4.79 Å². The zero-order valence-corrected chi connectivity index (χ0v) is 22.9. The molecule has 1 aliphatic rings. The zero-order valence-electron chi connectivity index (χ0n) is 22.1. The summed E-state index contributed by atoms with van der Waals surface area (Å²) in [7, 11) is 0. The molecular weight excluding hydrogens is 486 g/mol. The summed E-state index contributed by atoms with van der Waals surface area (Å²) in [4.78, 5) is 21.3. The van der Waals surface area contributed by atoms with Gasteiger partial charge in [0.2, 0.25) is 0 Å². The summed E-state index contributed by atoms with van der Waals surface area (Å²) in [5.74, 6) is 0.677.